The average Bonchev–Trinajstić information content (AvgIpc) is 2.76. The molecule has 0 saturated heterocycles. The molecule has 1 aromatic carbocycles. The third kappa shape index (κ3) is 15.1. The van der Waals surface area contributed by atoms with E-state index in [0.29, 0.717) is 6.61 Å². The van der Waals surface area contributed by atoms with Crippen molar-refractivity contribution in [3.63, 3.8) is 0 Å². The van der Waals surface area contributed by atoms with Crippen molar-refractivity contribution in [3.05, 3.63) is 33.8 Å². The zero-order valence-corrected chi connectivity index (χ0v) is 21.5. The molecule has 0 aromatic heterocycles. The van der Waals surface area contributed by atoms with Crippen LogP contribution in [0.15, 0.2) is 16.6 Å². The molecular formula is C26H39BrF2O4. The summed E-state index contributed by atoms with van der Waals surface area (Å²) in [6, 6.07) is 2.22. The number of benzene rings is 1. The highest BCUT2D eigenvalue weighted by atomic mass is 79.9. The number of carbonyl (C=O) groups excluding carboxylic acids is 2. The molecule has 0 amide bonds. The molecule has 0 aliphatic carbocycles. The van der Waals surface area contributed by atoms with Crippen molar-refractivity contribution in [2.45, 2.75) is 110 Å². The third-order valence-electron chi connectivity index (χ3n) is 5.51. The minimum atomic E-state index is -0.781. The molecule has 0 atom stereocenters. The molecule has 7 heteroatoms. The Morgan fingerprint density at radius 2 is 1.18 bits per heavy atom. The topological polar surface area (TPSA) is 52.6 Å². The number of halogens is 3. The first kappa shape index (κ1) is 29.5. The number of ether oxygens (including phenoxy) is 2. The summed E-state index contributed by atoms with van der Waals surface area (Å²) in [6.45, 7) is 2.17. The summed E-state index contributed by atoms with van der Waals surface area (Å²) in [7, 11) is 0. The molecule has 0 spiro atoms. The number of rotatable bonds is 19. The SMILES string of the molecule is CCCCCCCCCCCCCCOC(=O)CCCC(=O)OCc1c(F)cc(Br)cc1F. The van der Waals surface area contributed by atoms with Crippen molar-refractivity contribution in [2.24, 2.45) is 0 Å². The molecule has 0 fully saturated rings. The van der Waals surface area contributed by atoms with Gasteiger partial charge in [-0.15, -0.1) is 0 Å². The Kier molecular flexibility index (Phi) is 16.9. The van der Waals surface area contributed by atoms with Crippen LogP contribution in [0.5, 0.6) is 0 Å². The lowest BCUT2D eigenvalue weighted by atomic mass is 10.1. The minimum absolute atomic E-state index is 0.00648. The van der Waals surface area contributed by atoms with E-state index in [4.69, 9.17) is 9.47 Å². The molecule has 0 saturated carbocycles. The first-order chi connectivity index (χ1) is 15.9. The smallest absolute Gasteiger partial charge is 0.306 e. The summed E-state index contributed by atoms with van der Waals surface area (Å²) >= 11 is 2.99. The van der Waals surface area contributed by atoms with Crippen molar-refractivity contribution in [1.82, 2.24) is 0 Å². The average molecular weight is 533 g/mol. The maximum atomic E-state index is 13.7. The Morgan fingerprint density at radius 3 is 1.70 bits per heavy atom. The van der Waals surface area contributed by atoms with Gasteiger partial charge in [0.05, 0.1) is 12.2 Å². The Labute approximate surface area is 205 Å². The molecule has 188 valence electrons. The van der Waals surface area contributed by atoms with Crippen LogP contribution in [-0.2, 0) is 25.7 Å². The summed E-state index contributed by atoms with van der Waals surface area (Å²) < 4.78 is 37.8. The second-order valence-electron chi connectivity index (χ2n) is 8.47. The standard InChI is InChI=1S/C26H39BrF2O4/c1-2-3-4-5-6-7-8-9-10-11-12-13-17-32-25(30)15-14-16-26(31)33-20-22-23(28)18-21(27)19-24(22)29/h18-19H,2-17,20H2,1H3. The Morgan fingerprint density at radius 1 is 0.727 bits per heavy atom. The second-order valence-corrected chi connectivity index (χ2v) is 9.39. The van der Waals surface area contributed by atoms with Crippen LogP contribution in [-0.4, -0.2) is 18.5 Å². The Balaban J connectivity index is 1.95. The van der Waals surface area contributed by atoms with Gasteiger partial charge in [0.15, 0.2) is 0 Å². The highest BCUT2D eigenvalue weighted by molar-refractivity contribution is 9.10. The predicted molar refractivity (Wildman–Crippen MR) is 130 cm³/mol. The van der Waals surface area contributed by atoms with E-state index in [-0.39, 0.29) is 35.3 Å². The van der Waals surface area contributed by atoms with Gasteiger partial charge in [-0.1, -0.05) is 93.5 Å². The maximum Gasteiger partial charge on any atom is 0.306 e. The first-order valence-electron chi connectivity index (χ1n) is 12.4. The fourth-order valence-electron chi connectivity index (χ4n) is 3.51. The van der Waals surface area contributed by atoms with E-state index in [1.54, 1.807) is 0 Å². The van der Waals surface area contributed by atoms with E-state index >= 15 is 0 Å². The van der Waals surface area contributed by atoms with Gasteiger partial charge in [0.1, 0.15) is 18.2 Å². The van der Waals surface area contributed by atoms with Gasteiger partial charge in [0.2, 0.25) is 0 Å². The maximum absolute atomic E-state index is 13.7. The van der Waals surface area contributed by atoms with E-state index < -0.39 is 24.2 Å². The molecule has 33 heavy (non-hydrogen) atoms. The normalized spacial score (nSPS) is 10.9. The van der Waals surface area contributed by atoms with Crippen molar-refractivity contribution in [3.8, 4) is 0 Å². The predicted octanol–water partition coefficient (Wildman–Crippen LogP) is 8.19. The zero-order chi connectivity index (χ0) is 24.3. The largest absolute Gasteiger partial charge is 0.466 e. The summed E-state index contributed by atoms with van der Waals surface area (Å²) in [6.07, 6.45) is 15.4. The van der Waals surface area contributed by atoms with Crippen LogP contribution >= 0.6 is 15.9 Å². The molecule has 0 unspecified atom stereocenters. The first-order valence-corrected chi connectivity index (χ1v) is 13.2. The minimum Gasteiger partial charge on any atom is -0.466 e. The monoisotopic (exact) mass is 532 g/mol. The number of unbranched alkanes of at least 4 members (excludes halogenated alkanes) is 11. The van der Waals surface area contributed by atoms with Crippen LogP contribution in [0.25, 0.3) is 0 Å². The van der Waals surface area contributed by atoms with E-state index in [1.165, 1.54) is 64.2 Å². The molecule has 1 rings (SSSR count). The molecule has 0 N–H and O–H groups in total. The van der Waals surface area contributed by atoms with Gasteiger partial charge in [-0.05, 0) is 25.0 Å². The van der Waals surface area contributed by atoms with Gasteiger partial charge in [-0.25, -0.2) is 8.78 Å². The number of esters is 2. The van der Waals surface area contributed by atoms with Crippen LogP contribution in [0.2, 0.25) is 0 Å². The van der Waals surface area contributed by atoms with Crippen LogP contribution in [0.1, 0.15) is 109 Å². The molecule has 0 aliphatic heterocycles. The molecule has 0 radical (unpaired) electrons. The van der Waals surface area contributed by atoms with Crippen LogP contribution in [0.3, 0.4) is 0 Å². The van der Waals surface area contributed by atoms with E-state index in [2.05, 4.69) is 22.9 Å². The van der Waals surface area contributed by atoms with Gasteiger partial charge in [0.25, 0.3) is 0 Å². The zero-order valence-electron chi connectivity index (χ0n) is 19.9. The quantitative estimate of drug-likeness (QED) is 0.133. The van der Waals surface area contributed by atoms with E-state index in [9.17, 15) is 18.4 Å². The number of hydrogen-bond donors (Lipinski definition) is 0. The summed E-state index contributed by atoms with van der Waals surface area (Å²) in [4.78, 5) is 23.5. The fraction of sp³-hybridized carbons (Fsp3) is 0.692. The van der Waals surface area contributed by atoms with Gasteiger partial charge in [0, 0.05) is 17.3 Å². The lowest BCUT2D eigenvalue weighted by Gasteiger charge is -2.08. The molecule has 0 heterocycles. The number of hydrogen-bond acceptors (Lipinski definition) is 4. The second kappa shape index (κ2) is 18.9. The lowest BCUT2D eigenvalue weighted by molar-refractivity contribution is -0.146. The van der Waals surface area contributed by atoms with Gasteiger partial charge >= 0.3 is 11.9 Å². The van der Waals surface area contributed by atoms with Crippen molar-refractivity contribution >= 4 is 27.9 Å². The van der Waals surface area contributed by atoms with Gasteiger partial charge in [-0.3, -0.25) is 9.59 Å². The fourth-order valence-corrected chi connectivity index (χ4v) is 3.92. The third-order valence-corrected chi connectivity index (χ3v) is 5.96. The highest BCUT2D eigenvalue weighted by Gasteiger charge is 2.13. The van der Waals surface area contributed by atoms with Gasteiger partial charge < -0.3 is 9.47 Å². The Bertz CT molecular complexity index is 674. The summed E-state index contributed by atoms with van der Waals surface area (Å²) in [5, 5.41) is 0. The molecular weight excluding hydrogens is 494 g/mol. The van der Waals surface area contributed by atoms with Crippen molar-refractivity contribution in [2.75, 3.05) is 6.61 Å². The van der Waals surface area contributed by atoms with E-state index in [1.807, 2.05) is 0 Å². The molecule has 0 aliphatic rings. The Hall–Kier alpha value is -1.50. The summed E-state index contributed by atoms with van der Waals surface area (Å²) in [5.41, 5.74) is -0.298. The molecule has 0 bridgehead atoms. The number of carbonyl (C=O) groups is 2. The van der Waals surface area contributed by atoms with Crippen LogP contribution < -0.4 is 0 Å². The van der Waals surface area contributed by atoms with Crippen molar-refractivity contribution < 1.29 is 27.8 Å². The van der Waals surface area contributed by atoms with Crippen LogP contribution in [0.4, 0.5) is 8.78 Å². The lowest BCUT2D eigenvalue weighted by Crippen LogP contribution is -2.10. The molecule has 1 aromatic rings. The van der Waals surface area contributed by atoms with Crippen molar-refractivity contribution in [1.29, 1.82) is 0 Å². The van der Waals surface area contributed by atoms with Crippen LogP contribution in [0, 0.1) is 11.6 Å². The molecule has 4 nitrogen and oxygen atoms in total. The van der Waals surface area contributed by atoms with Gasteiger partial charge in [-0.2, -0.15) is 0 Å². The summed E-state index contributed by atoms with van der Waals surface area (Å²) in [5.74, 6) is -2.51. The highest BCUT2D eigenvalue weighted by Crippen LogP contribution is 2.20. The van der Waals surface area contributed by atoms with E-state index in [0.717, 1.165) is 25.0 Å².